The number of hydrogen-bond acceptors (Lipinski definition) is 2. The first kappa shape index (κ1) is 20.4. The highest BCUT2D eigenvalue weighted by Crippen LogP contribution is 2.47. The quantitative estimate of drug-likeness (QED) is 0.672. The molecule has 26 heavy (non-hydrogen) atoms. The van der Waals surface area contributed by atoms with E-state index in [-0.39, 0.29) is 24.7 Å². The van der Waals surface area contributed by atoms with Crippen LogP contribution in [0.2, 0.25) is 0 Å². The Kier molecular flexibility index (Phi) is 6.53. The first-order valence-corrected chi connectivity index (χ1v) is 10.3. The highest BCUT2D eigenvalue weighted by molar-refractivity contribution is 4.94. The lowest BCUT2D eigenvalue weighted by Gasteiger charge is -2.43. The van der Waals surface area contributed by atoms with E-state index in [0.717, 1.165) is 45.1 Å². The van der Waals surface area contributed by atoms with Gasteiger partial charge in [-0.25, -0.2) is 8.78 Å². The Bertz CT molecular complexity index is 428. The van der Waals surface area contributed by atoms with Gasteiger partial charge in [0, 0.05) is 6.61 Å². The van der Waals surface area contributed by atoms with Gasteiger partial charge in [-0.05, 0) is 75.0 Å². The Morgan fingerprint density at radius 3 is 1.92 bits per heavy atom. The third-order valence-corrected chi connectivity index (χ3v) is 7.23. The molecule has 0 aromatic heterocycles. The molecule has 0 amide bonds. The van der Waals surface area contributed by atoms with Crippen LogP contribution in [-0.2, 0) is 4.74 Å². The molecule has 1 N–H and O–H groups in total. The van der Waals surface area contributed by atoms with Crippen molar-refractivity contribution in [3.05, 3.63) is 0 Å². The fourth-order valence-corrected chi connectivity index (χ4v) is 5.52. The molecular formula is C20H32F4O2. The van der Waals surface area contributed by atoms with Crippen molar-refractivity contribution in [2.75, 3.05) is 6.61 Å². The predicted octanol–water partition coefficient (Wildman–Crippen LogP) is 5.29. The summed E-state index contributed by atoms with van der Waals surface area (Å²) in [6, 6.07) is 0. The second kappa shape index (κ2) is 8.34. The average molecular weight is 380 g/mol. The van der Waals surface area contributed by atoms with Crippen molar-refractivity contribution in [3.8, 4) is 0 Å². The molecule has 0 aromatic carbocycles. The van der Waals surface area contributed by atoms with Crippen LogP contribution in [0, 0.1) is 29.6 Å². The monoisotopic (exact) mass is 380 g/mol. The van der Waals surface area contributed by atoms with E-state index < -0.39 is 24.4 Å². The van der Waals surface area contributed by atoms with E-state index in [1.54, 1.807) is 0 Å². The number of hydrogen-bond donors (Lipinski definition) is 1. The van der Waals surface area contributed by atoms with Gasteiger partial charge in [0.05, 0.1) is 6.10 Å². The van der Waals surface area contributed by atoms with Gasteiger partial charge in [-0.1, -0.05) is 13.3 Å². The maximum absolute atomic E-state index is 14.1. The van der Waals surface area contributed by atoms with Gasteiger partial charge >= 0.3 is 6.11 Å². The fourth-order valence-electron chi connectivity index (χ4n) is 5.52. The highest BCUT2D eigenvalue weighted by Gasteiger charge is 2.53. The summed E-state index contributed by atoms with van der Waals surface area (Å²) in [4.78, 5) is 0. The molecule has 3 fully saturated rings. The van der Waals surface area contributed by atoms with Gasteiger partial charge in [0.2, 0.25) is 0 Å². The van der Waals surface area contributed by atoms with Crippen LogP contribution in [0.5, 0.6) is 0 Å². The largest absolute Gasteiger partial charge is 0.378 e. The summed E-state index contributed by atoms with van der Waals surface area (Å²) < 4.78 is 60.4. The van der Waals surface area contributed by atoms with Crippen molar-refractivity contribution >= 4 is 0 Å². The molecule has 0 radical (unpaired) electrons. The van der Waals surface area contributed by atoms with Crippen molar-refractivity contribution in [2.45, 2.75) is 89.3 Å². The number of aliphatic hydroxyl groups is 1. The zero-order chi connectivity index (χ0) is 18.9. The van der Waals surface area contributed by atoms with Crippen LogP contribution in [0.15, 0.2) is 0 Å². The van der Waals surface area contributed by atoms with E-state index in [4.69, 9.17) is 9.84 Å². The molecule has 1 aliphatic heterocycles. The molecule has 6 heteroatoms. The summed E-state index contributed by atoms with van der Waals surface area (Å²) in [5.74, 6) is -1.02. The Balaban J connectivity index is 1.48. The van der Waals surface area contributed by atoms with Gasteiger partial charge in [-0.15, -0.1) is 0 Å². The van der Waals surface area contributed by atoms with E-state index in [1.807, 2.05) is 0 Å². The Hall–Kier alpha value is -0.360. The number of rotatable bonds is 4. The van der Waals surface area contributed by atoms with E-state index in [1.165, 1.54) is 6.42 Å². The summed E-state index contributed by atoms with van der Waals surface area (Å²) in [7, 11) is 0. The Morgan fingerprint density at radius 2 is 1.46 bits per heavy atom. The minimum absolute atomic E-state index is 0.0608. The molecule has 3 rings (SSSR count). The third-order valence-electron chi connectivity index (χ3n) is 7.23. The SMILES string of the molecule is CCC1CCC(C2CCC(C3CC(F)C(C(O)(F)F)C(F)C3)CC2)OC1. The average Bonchev–Trinajstić information content (AvgIpc) is 2.60. The van der Waals surface area contributed by atoms with Crippen LogP contribution in [0.25, 0.3) is 0 Å². The van der Waals surface area contributed by atoms with Crippen LogP contribution < -0.4 is 0 Å². The van der Waals surface area contributed by atoms with Crippen molar-refractivity contribution in [1.82, 2.24) is 0 Å². The van der Waals surface area contributed by atoms with Crippen LogP contribution in [0.1, 0.15) is 64.7 Å². The molecule has 152 valence electrons. The van der Waals surface area contributed by atoms with Gasteiger partial charge in [-0.2, -0.15) is 8.78 Å². The van der Waals surface area contributed by atoms with Gasteiger partial charge in [-0.3, -0.25) is 0 Å². The van der Waals surface area contributed by atoms with Crippen molar-refractivity contribution in [3.63, 3.8) is 0 Å². The smallest absolute Gasteiger partial charge is 0.361 e. The normalized spacial score (nSPS) is 45.5. The Morgan fingerprint density at radius 1 is 0.885 bits per heavy atom. The number of alkyl halides is 4. The summed E-state index contributed by atoms with van der Waals surface area (Å²) in [6.07, 6.45) is -0.793. The Labute approximate surface area is 153 Å². The van der Waals surface area contributed by atoms with Crippen LogP contribution in [0.3, 0.4) is 0 Å². The maximum Gasteiger partial charge on any atom is 0.361 e. The number of ether oxygens (including phenoxy) is 1. The standard InChI is InChI=1S/C20H32F4O2/c1-2-12-3-8-18(26-11-12)14-6-4-13(5-7-14)15-9-16(21)19(17(22)10-15)20(23,24)25/h12-19,25H,2-11H2,1H3. The van der Waals surface area contributed by atoms with Crippen LogP contribution in [0.4, 0.5) is 17.6 Å². The molecule has 2 nitrogen and oxygen atoms in total. The minimum atomic E-state index is -4.28. The third kappa shape index (κ3) is 4.54. The zero-order valence-electron chi connectivity index (χ0n) is 15.6. The molecular weight excluding hydrogens is 348 g/mol. The molecule has 1 heterocycles. The topological polar surface area (TPSA) is 29.5 Å². The molecule has 2 saturated carbocycles. The highest BCUT2D eigenvalue weighted by atomic mass is 19.3. The van der Waals surface area contributed by atoms with Gasteiger partial charge in [0.15, 0.2) is 0 Å². The molecule has 0 spiro atoms. The molecule has 3 aliphatic rings. The van der Waals surface area contributed by atoms with E-state index in [0.29, 0.717) is 17.9 Å². The summed E-state index contributed by atoms with van der Waals surface area (Å²) in [5, 5.41) is 8.77. The lowest BCUT2D eigenvalue weighted by Crippen LogP contribution is -2.48. The molecule has 2 aliphatic carbocycles. The maximum atomic E-state index is 14.1. The van der Waals surface area contributed by atoms with Crippen molar-refractivity contribution in [1.29, 1.82) is 0 Å². The molecule has 0 aromatic rings. The number of halogens is 4. The first-order chi connectivity index (χ1) is 12.3. The second-order valence-electron chi connectivity index (χ2n) is 8.78. The van der Waals surface area contributed by atoms with E-state index >= 15 is 0 Å². The summed E-state index contributed by atoms with van der Waals surface area (Å²) in [5.41, 5.74) is 0. The van der Waals surface area contributed by atoms with E-state index in [9.17, 15) is 17.6 Å². The minimum Gasteiger partial charge on any atom is -0.378 e. The predicted molar refractivity (Wildman–Crippen MR) is 91.4 cm³/mol. The molecule has 4 unspecified atom stereocenters. The summed E-state index contributed by atoms with van der Waals surface area (Å²) >= 11 is 0. The lowest BCUT2D eigenvalue weighted by atomic mass is 9.67. The first-order valence-electron chi connectivity index (χ1n) is 10.3. The van der Waals surface area contributed by atoms with Gasteiger partial charge < -0.3 is 9.84 Å². The van der Waals surface area contributed by atoms with Crippen molar-refractivity contribution < 1.29 is 27.4 Å². The van der Waals surface area contributed by atoms with Crippen LogP contribution >= 0.6 is 0 Å². The van der Waals surface area contributed by atoms with Crippen molar-refractivity contribution in [2.24, 2.45) is 29.6 Å². The van der Waals surface area contributed by atoms with E-state index in [2.05, 4.69) is 6.92 Å². The van der Waals surface area contributed by atoms with Gasteiger partial charge in [0.25, 0.3) is 0 Å². The zero-order valence-corrected chi connectivity index (χ0v) is 15.6. The van der Waals surface area contributed by atoms with Crippen LogP contribution in [-0.4, -0.2) is 36.3 Å². The fraction of sp³-hybridized carbons (Fsp3) is 1.00. The lowest BCUT2D eigenvalue weighted by molar-refractivity contribution is -0.271. The molecule has 4 atom stereocenters. The van der Waals surface area contributed by atoms with Gasteiger partial charge in [0.1, 0.15) is 18.3 Å². The summed E-state index contributed by atoms with van der Waals surface area (Å²) in [6.45, 7) is 3.03. The second-order valence-corrected chi connectivity index (χ2v) is 8.78. The molecule has 0 bridgehead atoms. The molecule has 1 saturated heterocycles.